The molecule has 0 spiro atoms. The number of carbonyl (C=O) groups excluding carboxylic acids is 1. The van der Waals surface area contributed by atoms with Crippen LogP contribution in [0.5, 0.6) is 0 Å². The third-order valence-corrected chi connectivity index (χ3v) is 3.35. The van der Waals surface area contributed by atoms with Crippen LogP contribution in [0.1, 0.15) is 23.1 Å². The second-order valence-electron chi connectivity index (χ2n) is 3.77. The molecule has 0 saturated carbocycles. The molecule has 2 heterocycles. The highest BCUT2D eigenvalue weighted by molar-refractivity contribution is 7.98. The van der Waals surface area contributed by atoms with Crippen LogP contribution in [0.4, 0.5) is 5.82 Å². The summed E-state index contributed by atoms with van der Waals surface area (Å²) in [6.07, 6.45) is 0. The highest BCUT2D eigenvalue weighted by Crippen LogP contribution is 2.20. The number of rotatable bonds is 7. The number of aromatic nitrogens is 5. The Hall–Kier alpha value is -2.14. The molecule has 3 N–H and O–H groups in total. The highest BCUT2D eigenvalue weighted by Gasteiger charge is 2.24. The number of nitrogens with zero attached hydrogens (tertiary/aromatic N) is 5. The quantitative estimate of drug-likeness (QED) is 0.513. The topological polar surface area (TPSA) is 142 Å². The largest absolute Gasteiger partial charge is 0.461 e. The fourth-order valence-electron chi connectivity index (χ4n) is 1.53. The molecule has 10 nitrogen and oxygen atoms in total. The number of aliphatic hydroxyl groups excluding tert-OH is 1. The Balaban J connectivity index is 2.36. The van der Waals surface area contributed by atoms with Crippen LogP contribution < -0.4 is 5.73 Å². The van der Waals surface area contributed by atoms with E-state index < -0.39 is 5.97 Å². The van der Waals surface area contributed by atoms with Crippen molar-refractivity contribution in [3.05, 3.63) is 11.4 Å². The van der Waals surface area contributed by atoms with E-state index in [1.165, 1.54) is 16.4 Å². The molecule has 114 valence electrons. The molecule has 21 heavy (non-hydrogen) atoms. The second kappa shape index (κ2) is 7.04. The summed E-state index contributed by atoms with van der Waals surface area (Å²) in [5.41, 5.74) is 6.15. The maximum absolute atomic E-state index is 11.9. The molecule has 11 heteroatoms. The standard InChI is InChI=1S/C10H14N6O4S/c1-2-19-10(18)7-6(5-21-4-3-17)16(15-12-7)9-8(11)13-20-14-9/h17H,2-5H2,1H3,(H2,11,13). The van der Waals surface area contributed by atoms with Crippen molar-refractivity contribution in [2.24, 2.45) is 0 Å². The van der Waals surface area contributed by atoms with Gasteiger partial charge in [-0.05, 0) is 17.2 Å². The monoisotopic (exact) mass is 314 g/mol. The average molecular weight is 314 g/mol. The van der Waals surface area contributed by atoms with Gasteiger partial charge in [-0.15, -0.1) is 5.10 Å². The molecule has 0 saturated heterocycles. The fraction of sp³-hybridized carbons (Fsp3) is 0.500. The van der Waals surface area contributed by atoms with E-state index in [2.05, 4.69) is 25.3 Å². The van der Waals surface area contributed by atoms with E-state index in [-0.39, 0.29) is 30.5 Å². The van der Waals surface area contributed by atoms with Crippen LogP contribution in [0.2, 0.25) is 0 Å². The molecule has 0 atom stereocenters. The van der Waals surface area contributed by atoms with Gasteiger partial charge in [0, 0.05) is 11.5 Å². The minimum atomic E-state index is -0.585. The predicted molar refractivity (Wildman–Crippen MR) is 72.8 cm³/mol. The Bertz CT molecular complexity index is 612. The third-order valence-electron chi connectivity index (χ3n) is 2.40. The number of carbonyl (C=O) groups is 1. The number of esters is 1. The van der Waals surface area contributed by atoms with Gasteiger partial charge in [0.2, 0.25) is 11.6 Å². The molecule has 0 aliphatic rings. The van der Waals surface area contributed by atoms with Crippen LogP contribution in [0.25, 0.3) is 5.82 Å². The zero-order valence-corrected chi connectivity index (χ0v) is 12.0. The average Bonchev–Trinajstić information content (AvgIpc) is 3.05. The first-order valence-electron chi connectivity index (χ1n) is 6.07. The van der Waals surface area contributed by atoms with Crippen molar-refractivity contribution in [3.63, 3.8) is 0 Å². The minimum Gasteiger partial charge on any atom is -0.461 e. The normalized spacial score (nSPS) is 10.8. The first-order chi connectivity index (χ1) is 10.2. The van der Waals surface area contributed by atoms with Crippen molar-refractivity contribution in [1.82, 2.24) is 25.3 Å². The van der Waals surface area contributed by atoms with Gasteiger partial charge in [0.1, 0.15) is 0 Å². The zero-order chi connectivity index (χ0) is 15.2. The first kappa shape index (κ1) is 15.3. The Morgan fingerprint density at radius 3 is 2.95 bits per heavy atom. The van der Waals surface area contributed by atoms with Gasteiger partial charge in [0.05, 0.1) is 18.9 Å². The van der Waals surface area contributed by atoms with Gasteiger partial charge < -0.3 is 15.6 Å². The lowest BCUT2D eigenvalue weighted by atomic mass is 10.3. The number of hydrogen-bond acceptors (Lipinski definition) is 10. The van der Waals surface area contributed by atoms with Crippen molar-refractivity contribution in [2.45, 2.75) is 12.7 Å². The summed E-state index contributed by atoms with van der Waals surface area (Å²) in [6.45, 7) is 1.94. The molecule has 2 rings (SSSR count). The Labute approximate surface area is 123 Å². The van der Waals surface area contributed by atoms with E-state index in [9.17, 15) is 4.79 Å². The summed E-state index contributed by atoms with van der Waals surface area (Å²) in [7, 11) is 0. The van der Waals surface area contributed by atoms with Crippen molar-refractivity contribution in [1.29, 1.82) is 0 Å². The Kier molecular flexibility index (Phi) is 5.11. The lowest BCUT2D eigenvalue weighted by molar-refractivity contribution is 0.0518. The minimum absolute atomic E-state index is 0.0224. The van der Waals surface area contributed by atoms with Crippen LogP contribution in [0, 0.1) is 0 Å². The number of ether oxygens (including phenoxy) is 1. The molecule has 0 aliphatic heterocycles. The number of nitrogen functional groups attached to an aromatic ring is 1. The SMILES string of the molecule is CCOC(=O)c1nnn(-c2nonc2N)c1CSCCO. The third kappa shape index (κ3) is 3.31. The summed E-state index contributed by atoms with van der Waals surface area (Å²) >= 11 is 1.40. The van der Waals surface area contributed by atoms with Gasteiger partial charge in [-0.25, -0.2) is 9.42 Å². The smallest absolute Gasteiger partial charge is 0.360 e. The number of aliphatic hydroxyl groups is 1. The fourth-order valence-corrected chi connectivity index (χ4v) is 2.26. The summed E-state index contributed by atoms with van der Waals surface area (Å²) in [5.74, 6) is 0.466. The van der Waals surface area contributed by atoms with E-state index in [0.717, 1.165) is 0 Å². The maximum Gasteiger partial charge on any atom is 0.360 e. The molecule has 0 aliphatic carbocycles. The molecule has 0 radical (unpaired) electrons. The van der Waals surface area contributed by atoms with Crippen LogP contribution in [0.15, 0.2) is 4.63 Å². The first-order valence-corrected chi connectivity index (χ1v) is 7.23. The number of nitrogens with two attached hydrogens (primary N) is 1. The van der Waals surface area contributed by atoms with Crippen LogP contribution in [0.3, 0.4) is 0 Å². The lowest BCUT2D eigenvalue weighted by Gasteiger charge is -2.05. The number of anilines is 1. The maximum atomic E-state index is 11.9. The number of thioether (sulfide) groups is 1. The molecule has 0 amide bonds. The molecule has 2 aromatic rings. The number of hydrogen-bond donors (Lipinski definition) is 2. The van der Waals surface area contributed by atoms with Crippen molar-refractivity contribution in [3.8, 4) is 5.82 Å². The van der Waals surface area contributed by atoms with E-state index in [1.54, 1.807) is 6.92 Å². The van der Waals surface area contributed by atoms with Crippen LogP contribution >= 0.6 is 11.8 Å². The summed E-state index contributed by atoms with van der Waals surface area (Å²) in [6, 6.07) is 0. The van der Waals surface area contributed by atoms with Gasteiger partial charge >= 0.3 is 5.97 Å². The lowest BCUT2D eigenvalue weighted by Crippen LogP contribution is -2.11. The van der Waals surface area contributed by atoms with Crippen LogP contribution in [-0.4, -0.2) is 55.3 Å². The summed E-state index contributed by atoms with van der Waals surface area (Å²) < 4.78 is 10.7. The van der Waals surface area contributed by atoms with E-state index in [1.807, 2.05) is 0 Å². The second-order valence-corrected chi connectivity index (χ2v) is 4.87. The molecule has 0 unspecified atom stereocenters. The molecule has 0 bridgehead atoms. The summed E-state index contributed by atoms with van der Waals surface area (Å²) in [5, 5.41) is 23.6. The molecule has 0 fully saturated rings. The predicted octanol–water partition coefficient (Wildman–Crippen LogP) is -0.365. The van der Waals surface area contributed by atoms with Gasteiger partial charge in [-0.2, -0.15) is 16.4 Å². The molecule has 2 aromatic heterocycles. The highest BCUT2D eigenvalue weighted by atomic mass is 32.2. The van der Waals surface area contributed by atoms with Crippen molar-refractivity contribution in [2.75, 3.05) is 24.7 Å². The van der Waals surface area contributed by atoms with E-state index in [0.29, 0.717) is 17.2 Å². The summed E-state index contributed by atoms with van der Waals surface area (Å²) in [4.78, 5) is 11.9. The Morgan fingerprint density at radius 1 is 1.52 bits per heavy atom. The zero-order valence-electron chi connectivity index (χ0n) is 11.2. The van der Waals surface area contributed by atoms with Crippen molar-refractivity contribution >= 4 is 23.5 Å². The van der Waals surface area contributed by atoms with E-state index >= 15 is 0 Å². The van der Waals surface area contributed by atoms with Crippen molar-refractivity contribution < 1.29 is 19.3 Å². The van der Waals surface area contributed by atoms with Gasteiger partial charge in [0.25, 0.3) is 0 Å². The Morgan fingerprint density at radius 2 is 2.33 bits per heavy atom. The van der Waals surface area contributed by atoms with Crippen LogP contribution in [-0.2, 0) is 10.5 Å². The molecular weight excluding hydrogens is 300 g/mol. The van der Waals surface area contributed by atoms with Gasteiger partial charge in [0.15, 0.2) is 5.69 Å². The van der Waals surface area contributed by atoms with E-state index in [4.69, 9.17) is 15.6 Å². The molecular formula is C10H14N6O4S. The van der Waals surface area contributed by atoms with Gasteiger partial charge in [-0.1, -0.05) is 5.21 Å². The van der Waals surface area contributed by atoms with Gasteiger partial charge in [-0.3, -0.25) is 0 Å². The molecule has 0 aromatic carbocycles.